The van der Waals surface area contributed by atoms with E-state index in [1.54, 1.807) is 26.0 Å². The van der Waals surface area contributed by atoms with Crippen molar-refractivity contribution in [2.75, 3.05) is 6.61 Å². The van der Waals surface area contributed by atoms with Crippen molar-refractivity contribution in [3.8, 4) is 0 Å². The smallest absolute Gasteiger partial charge is 0.338 e. The van der Waals surface area contributed by atoms with Crippen molar-refractivity contribution in [3.05, 3.63) is 81.3 Å². The number of aromatic nitrogens is 1. The predicted octanol–water partition coefficient (Wildman–Crippen LogP) is 5.23. The molecule has 3 aromatic rings. The third kappa shape index (κ3) is 3.61. The lowest BCUT2D eigenvalue weighted by Gasteiger charge is -2.29. The first-order chi connectivity index (χ1) is 14.0. The number of allylic oxidation sites excluding steroid dienone is 2. The molecule has 0 radical (unpaired) electrons. The average Bonchev–Trinajstić information content (AvgIpc) is 3.11. The molecule has 0 saturated carbocycles. The Kier molecular flexibility index (Phi) is 5.30. The maximum absolute atomic E-state index is 12.8. The minimum absolute atomic E-state index is 0.231. The zero-order valence-electron chi connectivity index (χ0n) is 15.9. The Bertz CT molecular complexity index is 1120. The number of ether oxygens (including phenoxy) is 2. The molecule has 4 rings (SSSR count). The van der Waals surface area contributed by atoms with Crippen LogP contribution in [0.4, 0.5) is 0 Å². The van der Waals surface area contributed by atoms with E-state index in [4.69, 9.17) is 31.8 Å². The van der Waals surface area contributed by atoms with Crippen LogP contribution in [0, 0.1) is 0 Å². The maximum Gasteiger partial charge on any atom is 0.338 e. The van der Waals surface area contributed by atoms with Crippen LogP contribution >= 0.6 is 22.9 Å². The second-order valence-corrected chi connectivity index (χ2v) is 8.01. The first-order valence-electron chi connectivity index (χ1n) is 9.16. The number of fused-ring (bicyclic) bond motifs is 1. The van der Waals surface area contributed by atoms with E-state index >= 15 is 0 Å². The van der Waals surface area contributed by atoms with Gasteiger partial charge in [0.05, 0.1) is 33.9 Å². The Morgan fingerprint density at radius 1 is 1.24 bits per heavy atom. The summed E-state index contributed by atoms with van der Waals surface area (Å²) in [6.45, 7) is 3.75. The van der Waals surface area contributed by atoms with Crippen molar-refractivity contribution in [2.24, 2.45) is 5.73 Å². The molecule has 1 aliphatic rings. The van der Waals surface area contributed by atoms with Gasteiger partial charge in [-0.3, -0.25) is 0 Å². The number of esters is 1. The van der Waals surface area contributed by atoms with Crippen molar-refractivity contribution in [1.29, 1.82) is 0 Å². The largest absolute Gasteiger partial charge is 0.463 e. The summed E-state index contributed by atoms with van der Waals surface area (Å²) in [4.78, 5) is 17.6. The number of nitrogens with two attached hydrogens (primary N) is 1. The van der Waals surface area contributed by atoms with Gasteiger partial charge in [0, 0.05) is 5.02 Å². The van der Waals surface area contributed by atoms with Gasteiger partial charge in [-0.25, -0.2) is 9.78 Å². The Morgan fingerprint density at radius 3 is 2.66 bits per heavy atom. The molecule has 2 N–H and O–H groups in total. The van der Waals surface area contributed by atoms with Crippen molar-refractivity contribution >= 4 is 44.7 Å². The average molecular weight is 427 g/mol. The maximum atomic E-state index is 12.8. The fourth-order valence-electron chi connectivity index (χ4n) is 3.44. The van der Waals surface area contributed by atoms with Crippen molar-refractivity contribution in [1.82, 2.24) is 4.98 Å². The van der Waals surface area contributed by atoms with Gasteiger partial charge in [0.25, 0.3) is 0 Å². The number of hydrogen-bond donors (Lipinski definition) is 1. The van der Waals surface area contributed by atoms with Crippen molar-refractivity contribution < 1.29 is 14.3 Å². The van der Waals surface area contributed by atoms with Crippen LogP contribution in [0.1, 0.15) is 30.3 Å². The Hall–Kier alpha value is -2.83. The number of para-hydroxylation sites is 1. The minimum atomic E-state index is -0.472. The number of rotatable bonds is 4. The Labute approximate surface area is 177 Å². The molecule has 7 heteroatoms. The monoisotopic (exact) mass is 426 g/mol. The molecular weight excluding hydrogens is 408 g/mol. The van der Waals surface area contributed by atoms with Gasteiger partial charge in [-0.15, -0.1) is 11.3 Å². The summed E-state index contributed by atoms with van der Waals surface area (Å²) in [6, 6.07) is 15.2. The third-order valence-electron chi connectivity index (χ3n) is 4.71. The van der Waals surface area contributed by atoms with Gasteiger partial charge in [0.1, 0.15) is 10.8 Å². The molecule has 0 aliphatic carbocycles. The highest BCUT2D eigenvalue weighted by Gasteiger charge is 2.38. The van der Waals surface area contributed by atoms with Crippen LogP contribution in [-0.2, 0) is 14.3 Å². The lowest BCUT2D eigenvalue weighted by atomic mass is 9.83. The number of thiazole rings is 1. The molecule has 0 saturated heterocycles. The van der Waals surface area contributed by atoms with Crippen LogP contribution in [0.2, 0.25) is 5.02 Å². The highest BCUT2D eigenvalue weighted by molar-refractivity contribution is 7.19. The summed E-state index contributed by atoms with van der Waals surface area (Å²) < 4.78 is 12.1. The molecule has 2 aromatic carbocycles. The normalized spacial score (nSPS) is 16.9. The molecule has 0 bridgehead atoms. The number of hydrogen-bond acceptors (Lipinski definition) is 6. The van der Waals surface area contributed by atoms with Crippen molar-refractivity contribution in [3.63, 3.8) is 0 Å². The molecule has 1 aliphatic heterocycles. The second-order valence-electron chi connectivity index (χ2n) is 6.54. The van der Waals surface area contributed by atoms with Crippen LogP contribution < -0.4 is 5.73 Å². The number of halogens is 1. The van der Waals surface area contributed by atoms with E-state index in [0.717, 1.165) is 15.8 Å². The molecule has 5 nitrogen and oxygen atoms in total. The molecular formula is C22H19ClN2O3S. The number of benzene rings is 2. The molecule has 0 amide bonds. The number of carbonyl (C=O) groups is 1. The molecule has 148 valence electrons. The highest BCUT2D eigenvalue weighted by Crippen LogP contribution is 2.46. The molecule has 1 atom stereocenters. The van der Waals surface area contributed by atoms with Gasteiger partial charge in [-0.05, 0) is 43.7 Å². The molecule has 29 heavy (non-hydrogen) atoms. The number of nitrogens with zero attached hydrogens (tertiary/aromatic N) is 1. The van der Waals surface area contributed by atoms with Crippen molar-refractivity contribution in [2.45, 2.75) is 19.8 Å². The van der Waals surface area contributed by atoms with Crippen LogP contribution in [0.3, 0.4) is 0 Å². The summed E-state index contributed by atoms with van der Waals surface area (Å²) >= 11 is 7.60. The first-order valence-corrected chi connectivity index (χ1v) is 10.4. The van der Waals surface area contributed by atoms with E-state index < -0.39 is 11.9 Å². The summed E-state index contributed by atoms with van der Waals surface area (Å²) in [5, 5.41) is 1.32. The summed E-state index contributed by atoms with van der Waals surface area (Å²) in [5.41, 5.74) is 9.12. The van der Waals surface area contributed by atoms with E-state index in [-0.39, 0.29) is 12.5 Å². The van der Waals surface area contributed by atoms with Gasteiger partial charge >= 0.3 is 5.97 Å². The van der Waals surface area contributed by atoms with E-state index in [1.807, 2.05) is 36.4 Å². The Morgan fingerprint density at radius 2 is 1.97 bits per heavy atom. The molecule has 0 spiro atoms. The van der Waals surface area contributed by atoms with Crippen LogP contribution in [0.15, 0.2) is 65.7 Å². The van der Waals surface area contributed by atoms with Gasteiger partial charge < -0.3 is 15.2 Å². The van der Waals surface area contributed by atoms with Gasteiger partial charge in [0.15, 0.2) is 5.88 Å². The fourth-order valence-corrected chi connectivity index (χ4v) is 4.61. The summed E-state index contributed by atoms with van der Waals surface area (Å²) in [7, 11) is 0. The highest BCUT2D eigenvalue weighted by atomic mass is 35.5. The Balaban J connectivity index is 1.92. The van der Waals surface area contributed by atoms with Crippen LogP contribution in [-0.4, -0.2) is 17.6 Å². The lowest BCUT2D eigenvalue weighted by Crippen LogP contribution is -2.25. The van der Waals surface area contributed by atoms with Gasteiger partial charge in [-0.1, -0.05) is 35.9 Å². The standard InChI is InChI=1S/C22H19ClN2O3S/c1-3-27-22(26)17-12(2)28-20(24)19(18(17)13-8-10-14(23)11-9-13)21-25-15-6-4-5-7-16(15)29-21/h4-11,18H,3,24H2,1-2H3. The fraction of sp³-hybridized carbons (Fsp3) is 0.182. The third-order valence-corrected chi connectivity index (χ3v) is 6.03. The van der Waals surface area contributed by atoms with Gasteiger partial charge in [-0.2, -0.15) is 0 Å². The lowest BCUT2D eigenvalue weighted by molar-refractivity contribution is -0.139. The second kappa shape index (κ2) is 7.89. The quantitative estimate of drug-likeness (QED) is 0.578. The van der Waals surface area contributed by atoms with E-state index in [9.17, 15) is 4.79 Å². The number of carbonyl (C=O) groups excluding carboxylic acids is 1. The summed E-state index contributed by atoms with van der Waals surface area (Å²) in [5.74, 6) is -0.253. The van der Waals surface area contributed by atoms with E-state index in [2.05, 4.69) is 0 Å². The first kappa shape index (κ1) is 19.5. The van der Waals surface area contributed by atoms with Crippen LogP contribution in [0.5, 0.6) is 0 Å². The molecule has 2 heterocycles. The SMILES string of the molecule is CCOC(=O)C1=C(C)OC(N)=C(c2nc3ccccc3s2)C1c1ccc(Cl)cc1. The van der Waals surface area contributed by atoms with E-state index in [0.29, 0.717) is 26.9 Å². The minimum Gasteiger partial charge on any atom is -0.463 e. The molecule has 1 aromatic heterocycles. The zero-order valence-corrected chi connectivity index (χ0v) is 17.5. The van der Waals surface area contributed by atoms with Crippen LogP contribution in [0.25, 0.3) is 15.8 Å². The van der Waals surface area contributed by atoms with E-state index in [1.165, 1.54) is 11.3 Å². The van der Waals surface area contributed by atoms with Gasteiger partial charge in [0.2, 0.25) is 0 Å². The topological polar surface area (TPSA) is 74.4 Å². The molecule has 0 fully saturated rings. The molecule has 1 unspecified atom stereocenters. The zero-order chi connectivity index (χ0) is 20.5. The summed E-state index contributed by atoms with van der Waals surface area (Å²) in [6.07, 6.45) is 0. The predicted molar refractivity (Wildman–Crippen MR) is 115 cm³/mol.